The maximum atomic E-state index is 13.2. The van der Waals surface area contributed by atoms with Gasteiger partial charge in [0.25, 0.3) is 6.43 Å². The molecular formula is C17H11ClF2N6O2S. The van der Waals surface area contributed by atoms with Crippen LogP contribution in [0.1, 0.15) is 17.7 Å². The largest absolute Gasteiger partial charge is 0.432 e. The Hall–Kier alpha value is -3.18. The van der Waals surface area contributed by atoms with Crippen LogP contribution < -0.4 is 10.2 Å². The molecule has 0 saturated carbocycles. The van der Waals surface area contributed by atoms with Gasteiger partial charge < -0.3 is 4.74 Å². The molecule has 4 aromatic rings. The summed E-state index contributed by atoms with van der Waals surface area (Å²) in [7, 11) is 0. The molecule has 0 aliphatic heterocycles. The highest BCUT2D eigenvalue weighted by Crippen LogP contribution is 2.29. The van der Waals surface area contributed by atoms with Crippen molar-refractivity contribution in [3.8, 4) is 16.6 Å². The monoisotopic (exact) mass is 436 g/mol. The number of carbonyl (C=O) groups is 1. The van der Waals surface area contributed by atoms with Crippen LogP contribution in [0.15, 0.2) is 36.2 Å². The van der Waals surface area contributed by atoms with Gasteiger partial charge in [0.05, 0.1) is 17.4 Å². The van der Waals surface area contributed by atoms with Crippen molar-refractivity contribution < 1.29 is 18.3 Å². The summed E-state index contributed by atoms with van der Waals surface area (Å²) in [5.74, 6) is 0.457. The third-order valence-electron chi connectivity index (χ3n) is 3.89. The zero-order valence-corrected chi connectivity index (χ0v) is 16.2. The van der Waals surface area contributed by atoms with Gasteiger partial charge in [0.15, 0.2) is 16.6 Å². The number of aromatic nitrogens is 5. The topological polar surface area (TPSA) is 94.8 Å². The first-order valence-corrected chi connectivity index (χ1v) is 9.35. The fraction of sp³-hybridized carbons (Fsp3) is 0.118. The Bertz CT molecular complexity index is 1210. The first-order chi connectivity index (χ1) is 13.9. The number of thiazole rings is 1. The lowest BCUT2D eigenvalue weighted by Crippen LogP contribution is -2.25. The van der Waals surface area contributed by atoms with E-state index in [4.69, 9.17) is 16.3 Å². The van der Waals surface area contributed by atoms with E-state index in [1.54, 1.807) is 12.3 Å². The molecule has 0 aliphatic rings. The van der Waals surface area contributed by atoms with Crippen LogP contribution in [0.4, 0.5) is 13.6 Å². The van der Waals surface area contributed by atoms with Gasteiger partial charge >= 0.3 is 6.09 Å². The highest BCUT2D eigenvalue weighted by molar-refractivity contribution is 7.13. The minimum atomic E-state index is -2.72. The zero-order valence-electron chi connectivity index (χ0n) is 14.6. The number of aryl methyl sites for hydroxylation is 1. The van der Waals surface area contributed by atoms with E-state index < -0.39 is 12.5 Å². The molecule has 0 fully saturated rings. The summed E-state index contributed by atoms with van der Waals surface area (Å²) in [6, 6.07) is 1.50. The van der Waals surface area contributed by atoms with Crippen LogP contribution in [0.3, 0.4) is 0 Å². The molecule has 4 heterocycles. The van der Waals surface area contributed by atoms with Gasteiger partial charge in [-0.05, 0) is 13.0 Å². The number of nitrogens with zero attached hydrogens (tertiary/aromatic N) is 5. The Balaban J connectivity index is 1.54. The number of fused-ring (bicyclic) bond motifs is 1. The number of carbonyl (C=O) groups excluding carboxylic acids is 1. The number of nitrogens with one attached hydrogen (secondary N) is 1. The van der Waals surface area contributed by atoms with Crippen molar-refractivity contribution in [3.05, 3.63) is 52.6 Å². The molecule has 12 heteroatoms. The van der Waals surface area contributed by atoms with Crippen LogP contribution in [0.2, 0.25) is 5.15 Å². The standard InChI is InChI=1S/C17H11ClF2N6O2S/c1-8-12(5-22-15(23-8)16-24-13(18)7-29-16)28-17(27)25-26-6-10(14(19)20)9-4-21-3-2-11(9)26/h2-7,14H,1H3,(H,25,27). The van der Waals surface area contributed by atoms with E-state index in [9.17, 15) is 13.6 Å². The van der Waals surface area contributed by atoms with E-state index in [0.717, 1.165) is 10.9 Å². The molecule has 4 rings (SSSR count). The summed E-state index contributed by atoms with van der Waals surface area (Å²) in [6.45, 7) is 1.63. The highest BCUT2D eigenvalue weighted by Gasteiger charge is 2.18. The number of amides is 1. The summed E-state index contributed by atoms with van der Waals surface area (Å²) < 4.78 is 32.8. The van der Waals surface area contributed by atoms with Crippen LogP contribution >= 0.6 is 22.9 Å². The highest BCUT2D eigenvalue weighted by atomic mass is 35.5. The van der Waals surface area contributed by atoms with E-state index >= 15 is 0 Å². The van der Waals surface area contributed by atoms with Crippen molar-refractivity contribution in [2.24, 2.45) is 0 Å². The lowest BCUT2D eigenvalue weighted by Gasteiger charge is -2.10. The van der Waals surface area contributed by atoms with Gasteiger partial charge in [-0.3, -0.25) is 9.66 Å². The molecule has 0 spiro atoms. The van der Waals surface area contributed by atoms with E-state index in [2.05, 4.69) is 25.4 Å². The molecule has 0 unspecified atom stereocenters. The quantitative estimate of drug-likeness (QED) is 0.502. The number of rotatable bonds is 4. The number of alkyl halides is 2. The average molecular weight is 437 g/mol. The second kappa shape index (κ2) is 7.68. The Morgan fingerprint density at radius 2 is 2.17 bits per heavy atom. The Labute approximate surface area is 171 Å². The summed E-state index contributed by atoms with van der Waals surface area (Å²) in [5, 5.41) is 2.75. The van der Waals surface area contributed by atoms with Crippen molar-refractivity contribution in [1.82, 2.24) is 24.6 Å². The number of pyridine rings is 1. The van der Waals surface area contributed by atoms with Gasteiger partial charge in [-0.25, -0.2) is 34.0 Å². The fourth-order valence-electron chi connectivity index (χ4n) is 2.60. The van der Waals surface area contributed by atoms with Gasteiger partial charge in [-0.2, -0.15) is 0 Å². The average Bonchev–Trinajstić information content (AvgIpc) is 3.28. The van der Waals surface area contributed by atoms with Gasteiger partial charge in [-0.1, -0.05) is 11.6 Å². The molecule has 29 heavy (non-hydrogen) atoms. The predicted molar refractivity (Wildman–Crippen MR) is 103 cm³/mol. The lowest BCUT2D eigenvalue weighted by atomic mass is 10.2. The van der Waals surface area contributed by atoms with Crippen molar-refractivity contribution >= 4 is 39.9 Å². The smallest absolute Gasteiger partial charge is 0.406 e. The summed E-state index contributed by atoms with van der Waals surface area (Å²) in [5.41, 5.74) is 2.90. The molecule has 0 aromatic carbocycles. The summed E-state index contributed by atoms with van der Waals surface area (Å²) >= 11 is 7.08. The van der Waals surface area contributed by atoms with E-state index in [-0.39, 0.29) is 16.7 Å². The lowest BCUT2D eigenvalue weighted by molar-refractivity contribution is 0.153. The summed E-state index contributed by atoms with van der Waals surface area (Å²) in [6.07, 6.45) is 1.58. The van der Waals surface area contributed by atoms with Crippen molar-refractivity contribution in [3.63, 3.8) is 0 Å². The van der Waals surface area contributed by atoms with Crippen LogP contribution in [0.25, 0.3) is 21.7 Å². The predicted octanol–water partition coefficient (Wildman–Crippen LogP) is 4.59. The number of hydrogen-bond acceptors (Lipinski definition) is 7. The molecule has 0 bridgehead atoms. The van der Waals surface area contributed by atoms with E-state index in [1.807, 2.05) is 0 Å². The molecule has 148 valence electrons. The minimum Gasteiger partial charge on any atom is -0.406 e. The first-order valence-electron chi connectivity index (χ1n) is 8.09. The zero-order chi connectivity index (χ0) is 20.5. The second-order valence-electron chi connectivity index (χ2n) is 5.77. The second-order valence-corrected chi connectivity index (χ2v) is 7.01. The molecule has 1 N–H and O–H groups in total. The molecule has 0 atom stereocenters. The van der Waals surface area contributed by atoms with Gasteiger partial charge in [0.2, 0.25) is 0 Å². The third-order valence-corrected chi connectivity index (χ3v) is 5.05. The van der Waals surface area contributed by atoms with Crippen molar-refractivity contribution in [2.75, 3.05) is 5.43 Å². The van der Waals surface area contributed by atoms with Gasteiger partial charge in [0, 0.05) is 34.9 Å². The Morgan fingerprint density at radius 1 is 1.34 bits per heavy atom. The van der Waals surface area contributed by atoms with E-state index in [1.165, 1.54) is 36.0 Å². The molecule has 1 amide bonds. The van der Waals surface area contributed by atoms with E-state index in [0.29, 0.717) is 27.2 Å². The third kappa shape index (κ3) is 3.87. The first kappa shape index (κ1) is 19.2. The van der Waals surface area contributed by atoms with Gasteiger partial charge in [-0.15, -0.1) is 11.3 Å². The SMILES string of the molecule is Cc1nc(-c2nc(Cl)cs2)ncc1OC(=O)Nn1cc(C(F)F)c2cnccc21. The number of ether oxygens (including phenoxy) is 1. The Kier molecular flexibility index (Phi) is 5.07. The number of hydrogen-bond donors (Lipinski definition) is 1. The number of halogens is 3. The molecule has 8 nitrogen and oxygen atoms in total. The van der Waals surface area contributed by atoms with Crippen LogP contribution in [-0.2, 0) is 0 Å². The van der Waals surface area contributed by atoms with Gasteiger partial charge in [0.1, 0.15) is 5.15 Å². The van der Waals surface area contributed by atoms with Crippen molar-refractivity contribution in [2.45, 2.75) is 13.3 Å². The van der Waals surface area contributed by atoms with Crippen LogP contribution in [0.5, 0.6) is 5.75 Å². The maximum Gasteiger partial charge on any atom is 0.432 e. The molecule has 4 aromatic heterocycles. The Morgan fingerprint density at radius 3 is 2.86 bits per heavy atom. The van der Waals surface area contributed by atoms with Crippen LogP contribution in [0, 0.1) is 6.92 Å². The van der Waals surface area contributed by atoms with Crippen LogP contribution in [-0.4, -0.2) is 30.7 Å². The summed E-state index contributed by atoms with van der Waals surface area (Å²) in [4.78, 5) is 28.6. The normalized spacial score (nSPS) is 11.2. The maximum absolute atomic E-state index is 13.2. The minimum absolute atomic E-state index is 0.112. The molecule has 0 radical (unpaired) electrons. The van der Waals surface area contributed by atoms with Crippen molar-refractivity contribution in [1.29, 1.82) is 0 Å². The molecule has 0 aliphatic carbocycles. The molecular weight excluding hydrogens is 426 g/mol. The fourth-order valence-corrected chi connectivity index (χ4v) is 3.49. The molecule has 0 saturated heterocycles.